The van der Waals surface area contributed by atoms with E-state index in [1.807, 2.05) is 0 Å². The molecule has 29 heavy (non-hydrogen) atoms. The molecular weight excluding hydrogens is 362 g/mol. The van der Waals surface area contributed by atoms with Gasteiger partial charge in [-0.15, -0.1) is 0 Å². The van der Waals surface area contributed by atoms with Crippen LogP contribution in [-0.2, 0) is 19.4 Å². The molecule has 1 fully saturated rings. The molecule has 1 aromatic carbocycles. The van der Waals surface area contributed by atoms with Gasteiger partial charge in [-0.05, 0) is 30.5 Å². The summed E-state index contributed by atoms with van der Waals surface area (Å²) in [7, 11) is 2.13. The molecule has 2 aromatic rings. The number of anilines is 1. The predicted molar refractivity (Wildman–Crippen MR) is 118 cm³/mol. The van der Waals surface area contributed by atoms with Crippen molar-refractivity contribution < 1.29 is 0 Å². The summed E-state index contributed by atoms with van der Waals surface area (Å²) < 4.78 is 0. The van der Waals surface area contributed by atoms with E-state index in [-0.39, 0.29) is 5.56 Å². The average Bonchev–Trinajstić information content (AvgIpc) is 2.92. The summed E-state index contributed by atoms with van der Waals surface area (Å²) in [4.78, 5) is 27.7. The monoisotopic (exact) mass is 395 g/mol. The lowest BCUT2D eigenvalue weighted by Crippen LogP contribution is -2.45. The fraction of sp³-hybridized carbons (Fsp3) is 0.565. The number of nitrogens with one attached hydrogen (secondary N) is 1. The Morgan fingerprint density at radius 2 is 1.69 bits per heavy atom. The molecule has 0 saturated carbocycles. The van der Waals surface area contributed by atoms with E-state index >= 15 is 0 Å². The lowest BCUT2D eigenvalue weighted by Gasteiger charge is -2.32. The fourth-order valence-corrected chi connectivity index (χ4v) is 4.23. The SMILES string of the molecule is CC(C)c1ccc(CN2CCc3nc(N4CCN(C)CC4)[nH]c(=O)c3CC2)cc1. The van der Waals surface area contributed by atoms with Gasteiger partial charge in [0.1, 0.15) is 0 Å². The maximum atomic E-state index is 12.8. The van der Waals surface area contributed by atoms with Gasteiger partial charge in [-0.1, -0.05) is 38.1 Å². The maximum Gasteiger partial charge on any atom is 0.255 e. The molecular formula is C23H33N5O. The molecule has 2 aliphatic heterocycles. The van der Waals surface area contributed by atoms with Gasteiger partial charge in [-0.3, -0.25) is 14.7 Å². The first-order valence-electron chi connectivity index (χ1n) is 10.9. The first-order valence-corrected chi connectivity index (χ1v) is 10.9. The van der Waals surface area contributed by atoms with Crippen LogP contribution in [-0.4, -0.2) is 66.1 Å². The number of rotatable bonds is 4. The summed E-state index contributed by atoms with van der Waals surface area (Å²) in [5, 5.41) is 0. The van der Waals surface area contributed by atoms with Gasteiger partial charge in [0.05, 0.1) is 5.69 Å². The fourth-order valence-electron chi connectivity index (χ4n) is 4.23. The van der Waals surface area contributed by atoms with E-state index < -0.39 is 0 Å². The van der Waals surface area contributed by atoms with Gasteiger partial charge in [-0.25, -0.2) is 4.98 Å². The van der Waals surface area contributed by atoms with Crippen molar-refractivity contribution in [2.45, 2.75) is 39.2 Å². The highest BCUT2D eigenvalue weighted by Crippen LogP contribution is 2.18. The van der Waals surface area contributed by atoms with E-state index in [2.05, 4.69) is 64.8 Å². The molecule has 0 unspecified atom stereocenters. The molecule has 1 N–H and O–H groups in total. The average molecular weight is 396 g/mol. The van der Waals surface area contributed by atoms with Crippen LogP contribution in [0, 0.1) is 0 Å². The van der Waals surface area contributed by atoms with Gasteiger partial charge in [0.2, 0.25) is 5.95 Å². The first kappa shape index (κ1) is 20.1. The smallest absolute Gasteiger partial charge is 0.255 e. The highest BCUT2D eigenvalue weighted by molar-refractivity contribution is 5.35. The van der Waals surface area contributed by atoms with Crippen LogP contribution in [0.5, 0.6) is 0 Å². The Kier molecular flexibility index (Phi) is 6.01. The summed E-state index contributed by atoms with van der Waals surface area (Å²) in [6, 6.07) is 8.95. The number of fused-ring (bicyclic) bond motifs is 1. The van der Waals surface area contributed by atoms with Crippen LogP contribution in [0.15, 0.2) is 29.1 Å². The van der Waals surface area contributed by atoms with E-state index in [4.69, 9.17) is 4.98 Å². The Morgan fingerprint density at radius 1 is 1.00 bits per heavy atom. The van der Waals surface area contributed by atoms with Crippen molar-refractivity contribution >= 4 is 5.95 Å². The maximum absolute atomic E-state index is 12.8. The number of aromatic amines is 1. The molecule has 0 aliphatic carbocycles. The van der Waals surface area contributed by atoms with Crippen LogP contribution in [0.4, 0.5) is 5.95 Å². The Hall–Kier alpha value is -2.18. The number of nitrogens with zero attached hydrogens (tertiary/aromatic N) is 4. The molecule has 156 valence electrons. The van der Waals surface area contributed by atoms with Gasteiger partial charge in [-0.2, -0.15) is 0 Å². The molecule has 2 aliphatic rings. The highest BCUT2D eigenvalue weighted by Gasteiger charge is 2.22. The standard InChI is InChI=1S/C23H33N5O/c1-17(2)19-6-4-18(5-7-19)16-27-10-8-20-21(9-11-27)24-23(25-22(20)29)28-14-12-26(3)13-15-28/h4-7,17H,8-16H2,1-3H3,(H,24,25,29). The minimum atomic E-state index is 0.0482. The van der Waals surface area contributed by atoms with Gasteiger partial charge in [0, 0.05) is 57.8 Å². The summed E-state index contributed by atoms with van der Waals surface area (Å²) >= 11 is 0. The van der Waals surface area contributed by atoms with E-state index in [1.165, 1.54) is 11.1 Å². The lowest BCUT2D eigenvalue weighted by atomic mass is 10.0. The van der Waals surface area contributed by atoms with Crippen molar-refractivity contribution in [2.24, 2.45) is 0 Å². The van der Waals surface area contributed by atoms with Crippen LogP contribution in [0.3, 0.4) is 0 Å². The van der Waals surface area contributed by atoms with Crippen LogP contribution in [0.2, 0.25) is 0 Å². The Balaban J connectivity index is 1.44. The van der Waals surface area contributed by atoms with Gasteiger partial charge in [0.15, 0.2) is 0 Å². The molecule has 0 spiro atoms. The van der Waals surface area contributed by atoms with Crippen molar-refractivity contribution in [1.82, 2.24) is 19.8 Å². The molecule has 6 heteroatoms. The predicted octanol–water partition coefficient (Wildman–Crippen LogP) is 2.25. The molecule has 0 atom stereocenters. The van der Waals surface area contributed by atoms with Crippen LogP contribution in [0.25, 0.3) is 0 Å². The second-order valence-corrected chi connectivity index (χ2v) is 8.78. The molecule has 6 nitrogen and oxygen atoms in total. The zero-order valence-corrected chi connectivity index (χ0v) is 17.9. The molecule has 3 heterocycles. The minimum absolute atomic E-state index is 0.0482. The van der Waals surface area contributed by atoms with Crippen LogP contribution in [0.1, 0.15) is 42.1 Å². The molecule has 1 aromatic heterocycles. The number of likely N-dealkylation sites (N-methyl/N-ethyl adjacent to an activating group) is 1. The number of benzene rings is 1. The normalized spacial score (nSPS) is 18.7. The number of aromatic nitrogens is 2. The molecule has 0 radical (unpaired) electrons. The first-order chi connectivity index (χ1) is 14.0. The molecule has 0 amide bonds. The third-order valence-corrected chi connectivity index (χ3v) is 6.29. The third-order valence-electron chi connectivity index (χ3n) is 6.29. The van der Waals surface area contributed by atoms with Gasteiger partial charge in [0.25, 0.3) is 5.56 Å². The summed E-state index contributed by atoms with van der Waals surface area (Å²) in [6.45, 7) is 11.1. The number of H-pyrrole nitrogens is 1. The van der Waals surface area contributed by atoms with Crippen molar-refractivity contribution in [3.8, 4) is 0 Å². The second-order valence-electron chi connectivity index (χ2n) is 8.78. The van der Waals surface area contributed by atoms with E-state index in [0.717, 1.165) is 75.9 Å². The van der Waals surface area contributed by atoms with Crippen molar-refractivity contribution in [3.63, 3.8) is 0 Å². The van der Waals surface area contributed by atoms with E-state index in [0.29, 0.717) is 5.92 Å². The quantitative estimate of drug-likeness (QED) is 0.861. The largest absolute Gasteiger partial charge is 0.340 e. The topological polar surface area (TPSA) is 55.5 Å². The van der Waals surface area contributed by atoms with Crippen molar-refractivity contribution in [3.05, 3.63) is 57.0 Å². The zero-order valence-electron chi connectivity index (χ0n) is 17.9. The summed E-state index contributed by atoms with van der Waals surface area (Å²) in [6.07, 6.45) is 1.61. The zero-order chi connectivity index (χ0) is 20.4. The molecule has 4 rings (SSSR count). The highest BCUT2D eigenvalue weighted by atomic mass is 16.1. The molecule has 0 bridgehead atoms. The third kappa shape index (κ3) is 4.70. The Labute approximate surface area is 173 Å². The van der Waals surface area contributed by atoms with Gasteiger partial charge >= 0.3 is 0 Å². The Bertz CT molecular complexity index is 881. The minimum Gasteiger partial charge on any atom is -0.340 e. The number of piperazine rings is 1. The summed E-state index contributed by atoms with van der Waals surface area (Å²) in [5.41, 5.74) is 4.62. The van der Waals surface area contributed by atoms with E-state index in [1.54, 1.807) is 0 Å². The Morgan fingerprint density at radius 3 is 2.38 bits per heavy atom. The number of hydrogen-bond acceptors (Lipinski definition) is 5. The van der Waals surface area contributed by atoms with E-state index in [9.17, 15) is 4.79 Å². The second kappa shape index (κ2) is 8.67. The summed E-state index contributed by atoms with van der Waals surface area (Å²) in [5.74, 6) is 1.31. The number of hydrogen-bond donors (Lipinski definition) is 1. The lowest BCUT2D eigenvalue weighted by molar-refractivity contribution is 0.279. The van der Waals surface area contributed by atoms with Crippen molar-refractivity contribution in [2.75, 3.05) is 51.2 Å². The van der Waals surface area contributed by atoms with Crippen LogP contribution < -0.4 is 10.5 Å². The molecule has 1 saturated heterocycles. The van der Waals surface area contributed by atoms with Crippen LogP contribution >= 0.6 is 0 Å². The van der Waals surface area contributed by atoms with Crippen molar-refractivity contribution in [1.29, 1.82) is 0 Å². The van der Waals surface area contributed by atoms with Gasteiger partial charge < -0.3 is 9.80 Å².